The molecule has 0 aromatic carbocycles. The maximum Gasteiger partial charge on any atom is 0.311 e. The molecule has 0 spiro atoms. The first-order chi connectivity index (χ1) is 27.1. The third kappa shape index (κ3) is 17.9. The van der Waals surface area contributed by atoms with Crippen molar-refractivity contribution in [3.63, 3.8) is 0 Å². The molecule has 0 aliphatic heterocycles. The van der Waals surface area contributed by atoms with Crippen LogP contribution in [0.3, 0.4) is 0 Å². The zero-order chi connectivity index (χ0) is 42.5. The van der Waals surface area contributed by atoms with Crippen LogP contribution in [0.4, 0.5) is 28.8 Å². The molecule has 57 heavy (non-hydrogen) atoms. The van der Waals surface area contributed by atoms with Gasteiger partial charge in [-0.25, -0.2) is 9.97 Å². The fraction of sp³-hybridized carbons (Fsp3) is 0.684. The molecule has 0 bridgehead atoms. The van der Waals surface area contributed by atoms with E-state index in [0.29, 0.717) is 41.2 Å². The Morgan fingerprint density at radius 2 is 1.16 bits per heavy atom. The molecule has 2 aliphatic rings. The lowest BCUT2D eigenvalue weighted by Gasteiger charge is -2.27. The molecule has 0 saturated heterocycles. The van der Waals surface area contributed by atoms with E-state index in [1.165, 1.54) is 26.4 Å². The molecule has 0 unspecified atom stereocenters. The van der Waals surface area contributed by atoms with Crippen LogP contribution < -0.4 is 20.9 Å². The van der Waals surface area contributed by atoms with Crippen molar-refractivity contribution in [2.45, 2.75) is 51.4 Å². The molecule has 18 nitrogen and oxygen atoms in total. The van der Waals surface area contributed by atoms with Crippen LogP contribution in [0.2, 0.25) is 0 Å². The lowest BCUT2D eigenvalue weighted by Crippen LogP contribution is -2.29. The van der Waals surface area contributed by atoms with Gasteiger partial charge in [0, 0.05) is 58.4 Å². The number of rotatable bonds is 17. The lowest BCUT2D eigenvalue weighted by molar-refractivity contribution is -0.384. The predicted molar refractivity (Wildman–Crippen MR) is 226 cm³/mol. The highest BCUT2D eigenvalue weighted by Crippen LogP contribution is 2.33. The van der Waals surface area contributed by atoms with Gasteiger partial charge < -0.3 is 40.1 Å². The SMILES string of the molecule is CNCCN(C)C.COC(=O)C1CCC(CNc2nc(Br)ccc2[N+](=O)[O-])CC1.COC(=O)C1CCC(CNc2nc(N(C)CCN(C)C)ccc2[N+](=O)[O-])CC1. The molecule has 3 N–H and O–H groups in total. The van der Waals surface area contributed by atoms with Gasteiger partial charge in [-0.1, -0.05) is 0 Å². The first-order valence-corrected chi connectivity index (χ1v) is 20.1. The molecule has 0 atom stereocenters. The third-order valence-corrected chi connectivity index (χ3v) is 10.5. The zero-order valence-electron chi connectivity index (χ0n) is 34.8. The summed E-state index contributed by atoms with van der Waals surface area (Å²) < 4.78 is 10.1. The van der Waals surface area contributed by atoms with Crippen molar-refractivity contribution in [3.8, 4) is 0 Å². The van der Waals surface area contributed by atoms with Crippen LogP contribution in [0.15, 0.2) is 28.9 Å². The van der Waals surface area contributed by atoms with Crippen LogP contribution in [0.25, 0.3) is 0 Å². The van der Waals surface area contributed by atoms with Gasteiger partial charge in [0.2, 0.25) is 11.6 Å². The third-order valence-electron chi connectivity index (χ3n) is 10.1. The van der Waals surface area contributed by atoms with Crippen molar-refractivity contribution in [3.05, 3.63) is 49.1 Å². The summed E-state index contributed by atoms with van der Waals surface area (Å²) in [5.41, 5.74) is -0.0561. The maximum absolute atomic E-state index is 11.6. The number of aromatic nitrogens is 2. The number of hydrogen-bond acceptors (Lipinski definition) is 16. The Bertz CT molecular complexity index is 1550. The average molecular weight is 868 g/mol. The fourth-order valence-corrected chi connectivity index (χ4v) is 6.77. The summed E-state index contributed by atoms with van der Waals surface area (Å²) >= 11 is 3.22. The molecule has 0 radical (unpaired) electrons. The smallest absolute Gasteiger partial charge is 0.311 e. The molecule has 2 fully saturated rings. The Labute approximate surface area is 345 Å². The second-order valence-corrected chi connectivity index (χ2v) is 15.7. The number of hydrogen-bond donors (Lipinski definition) is 3. The quantitative estimate of drug-likeness (QED) is 0.0798. The summed E-state index contributed by atoms with van der Waals surface area (Å²) in [4.78, 5) is 59.5. The molecular weight excluding hydrogens is 804 g/mol. The Balaban J connectivity index is 0.000000344. The number of nitro groups is 2. The number of likely N-dealkylation sites (N-methyl/N-ethyl adjacent to an activating group) is 4. The highest BCUT2D eigenvalue weighted by atomic mass is 79.9. The fourth-order valence-electron chi connectivity index (χ4n) is 6.46. The van der Waals surface area contributed by atoms with Gasteiger partial charge in [0.15, 0.2) is 0 Å². The first kappa shape index (κ1) is 48.9. The van der Waals surface area contributed by atoms with Gasteiger partial charge in [-0.15, -0.1) is 0 Å². The molecule has 320 valence electrons. The number of pyridine rings is 2. The normalized spacial score (nSPS) is 18.9. The van der Waals surface area contributed by atoms with Gasteiger partial charge in [0.25, 0.3) is 0 Å². The van der Waals surface area contributed by atoms with Gasteiger partial charge in [-0.2, -0.15) is 0 Å². The summed E-state index contributed by atoms with van der Waals surface area (Å²) in [5.74, 6) is 1.68. The summed E-state index contributed by atoms with van der Waals surface area (Å²) in [6.45, 7) is 5.05. The van der Waals surface area contributed by atoms with Crippen LogP contribution in [0, 0.1) is 43.9 Å². The van der Waals surface area contributed by atoms with E-state index < -0.39 is 9.85 Å². The minimum absolute atomic E-state index is 0.0143. The Morgan fingerprint density at radius 3 is 1.54 bits per heavy atom. The van der Waals surface area contributed by atoms with Gasteiger partial charge in [-0.05, 0) is 127 Å². The molecule has 4 rings (SSSR count). The lowest BCUT2D eigenvalue weighted by atomic mass is 9.82. The first-order valence-electron chi connectivity index (χ1n) is 19.3. The number of methoxy groups -OCH3 is 2. The second kappa shape index (κ2) is 25.9. The average Bonchev–Trinajstić information content (AvgIpc) is 3.20. The summed E-state index contributed by atoms with van der Waals surface area (Å²) in [5, 5.41) is 31.7. The van der Waals surface area contributed by atoms with Crippen LogP contribution in [-0.4, -0.2) is 137 Å². The minimum atomic E-state index is -0.448. The van der Waals surface area contributed by atoms with Crippen molar-refractivity contribution < 1.29 is 28.9 Å². The standard InChI is InChI=1S/C19H31N5O4.C14H18BrN3O4.C5H14N2/c1-22(2)11-12-23(3)17-10-9-16(24(26)27)18(21-17)20-13-14-5-7-15(8-6-14)19(25)28-4;1-22-14(19)10-4-2-9(3-5-10)8-16-13-11(18(20)21)6-7-12(15)17-13;1-6-4-5-7(2)3/h9-10,14-15H,5-8,11-13H2,1-4H3,(H,20,21);6-7,9-10H,2-5,8H2,1H3,(H,16,17);6H,4-5H2,1-3H3. The Kier molecular flexibility index (Phi) is 22.3. The van der Waals surface area contributed by atoms with E-state index in [2.05, 4.69) is 65.7 Å². The van der Waals surface area contributed by atoms with Crippen LogP contribution >= 0.6 is 15.9 Å². The second-order valence-electron chi connectivity index (χ2n) is 14.9. The van der Waals surface area contributed by atoms with E-state index in [1.807, 2.05) is 33.1 Å². The predicted octanol–water partition coefficient (Wildman–Crippen LogP) is 5.29. The number of halogens is 1. The van der Waals surface area contributed by atoms with Gasteiger partial charge in [-0.3, -0.25) is 29.8 Å². The van der Waals surface area contributed by atoms with E-state index >= 15 is 0 Å². The van der Waals surface area contributed by atoms with Gasteiger partial charge in [0.1, 0.15) is 10.4 Å². The van der Waals surface area contributed by atoms with E-state index in [-0.39, 0.29) is 41.0 Å². The van der Waals surface area contributed by atoms with Gasteiger partial charge >= 0.3 is 23.3 Å². The number of carbonyl (C=O) groups excluding carboxylic acids is 2. The molecule has 19 heteroatoms. The molecular formula is C38H63BrN10O8. The summed E-state index contributed by atoms with van der Waals surface area (Å²) in [6.07, 6.45) is 6.76. The summed E-state index contributed by atoms with van der Waals surface area (Å²) in [6, 6.07) is 6.16. The van der Waals surface area contributed by atoms with E-state index in [0.717, 1.165) is 77.5 Å². The zero-order valence-corrected chi connectivity index (χ0v) is 36.4. The molecule has 2 heterocycles. The number of anilines is 3. The maximum atomic E-state index is 11.6. The van der Waals surface area contributed by atoms with Gasteiger partial charge in [0.05, 0.1) is 35.9 Å². The van der Waals surface area contributed by atoms with Crippen molar-refractivity contribution in [1.82, 2.24) is 25.1 Å². The van der Waals surface area contributed by atoms with E-state index in [1.54, 1.807) is 12.1 Å². The number of carbonyl (C=O) groups is 2. The number of nitrogens with one attached hydrogen (secondary N) is 3. The molecule has 2 aromatic heterocycles. The monoisotopic (exact) mass is 866 g/mol. The largest absolute Gasteiger partial charge is 0.469 e. The molecule has 2 aromatic rings. The highest BCUT2D eigenvalue weighted by molar-refractivity contribution is 9.10. The number of nitrogens with zero attached hydrogens (tertiary/aromatic N) is 7. The molecule has 2 aliphatic carbocycles. The van der Waals surface area contributed by atoms with Crippen molar-refractivity contribution in [1.29, 1.82) is 0 Å². The van der Waals surface area contributed by atoms with Crippen molar-refractivity contribution in [2.24, 2.45) is 23.7 Å². The number of ether oxygens (including phenoxy) is 2. The highest BCUT2D eigenvalue weighted by Gasteiger charge is 2.29. The minimum Gasteiger partial charge on any atom is -0.469 e. The topological polar surface area (TPSA) is 210 Å². The van der Waals surface area contributed by atoms with Crippen LogP contribution in [-0.2, 0) is 19.1 Å². The Hall–Kier alpha value is -4.20. The Morgan fingerprint density at radius 1 is 0.719 bits per heavy atom. The van der Waals surface area contributed by atoms with E-state index in [9.17, 15) is 29.8 Å². The van der Waals surface area contributed by atoms with Crippen molar-refractivity contribution >= 4 is 56.7 Å². The van der Waals surface area contributed by atoms with Crippen LogP contribution in [0.5, 0.6) is 0 Å². The molecule has 0 amide bonds. The number of esters is 2. The van der Waals surface area contributed by atoms with Crippen LogP contribution in [0.1, 0.15) is 51.4 Å². The van der Waals surface area contributed by atoms with Crippen molar-refractivity contribution in [2.75, 3.05) is 111 Å². The summed E-state index contributed by atoms with van der Waals surface area (Å²) in [7, 11) is 14.9. The van der Waals surface area contributed by atoms with E-state index in [4.69, 9.17) is 9.47 Å². The molecule has 2 saturated carbocycles.